The molecule has 0 atom stereocenters. The first kappa shape index (κ1) is 10.1. The Kier molecular flexibility index (Phi) is 2.21. The van der Waals surface area contributed by atoms with Crippen molar-refractivity contribution in [2.45, 2.75) is 19.8 Å². The van der Waals surface area contributed by atoms with E-state index in [-0.39, 0.29) is 12.4 Å². The molecule has 0 N–H and O–H groups in total. The number of furan rings is 1. The van der Waals surface area contributed by atoms with Crippen molar-refractivity contribution in [3.05, 3.63) is 35.6 Å². The van der Waals surface area contributed by atoms with E-state index in [1.165, 1.54) is 0 Å². The Labute approximate surface area is 97.9 Å². The monoisotopic (exact) mass is 229 g/mol. The quantitative estimate of drug-likeness (QED) is 0.744. The second-order valence-corrected chi connectivity index (χ2v) is 3.94. The summed E-state index contributed by atoms with van der Waals surface area (Å²) in [6.45, 7) is 2.05. The Balaban J connectivity index is 2.19. The van der Waals surface area contributed by atoms with Crippen LogP contribution < -0.4 is 0 Å². The van der Waals surface area contributed by atoms with Gasteiger partial charge >= 0.3 is 5.97 Å². The lowest BCUT2D eigenvalue weighted by Gasteiger charge is -1.96. The van der Waals surface area contributed by atoms with Gasteiger partial charge in [-0.15, -0.1) is 0 Å². The number of hydrogen-bond acceptors (Lipinski definition) is 4. The maximum absolute atomic E-state index is 11.1. The largest absolute Gasteiger partial charge is 0.454 e. The fourth-order valence-electron chi connectivity index (χ4n) is 2.11. The van der Waals surface area contributed by atoms with Gasteiger partial charge in [0, 0.05) is 10.9 Å². The van der Waals surface area contributed by atoms with Crippen molar-refractivity contribution >= 4 is 22.7 Å². The molecule has 0 saturated carbocycles. The Morgan fingerprint density at radius 1 is 1.35 bits per heavy atom. The SMILES string of the molecule is CCc1c(C2=NOC(=O)C2)oc2ccccc12. The summed E-state index contributed by atoms with van der Waals surface area (Å²) in [6.07, 6.45) is 1.02. The molecule has 1 aliphatic heterocycles. The summed E-state index contributed by atoms with van der Waals surface area (Å²) < 4.78 is 5.76. The summed E-state index contributed by atoms with van der Waals surface area (Å²) in [4.78, 5) is 15.7. The van der Waals surface area contributed by atoms with E-state index in [2.05, 4.69) is 16.9 Å². The fraction of sp³-hybridized carbons (Fsp3) is 0.231. The smallest absolute Gasteiger partial charge is 0.341 e. The maximum Gasteiger partial charge on any atom is 0.341 e. The molecule has 1 aromatic heterocycles. The summed E-state index contributed by atoms with van der Waals surface area (Å²) in [7, 11) is 0. The minimum atomic E-state index is -0.331. The molecule has 0 radical (unpaired) electrons. The van der Waals surface area contributed by atoms with E-state index in [9.17, 15) is 4.79 Å². The van der Waals surface area contributed by atoms with E-state index < -0.39 is 0 Å². The lowest BCUT2D eigenvalue weighted by molar-refractivity contribution is -0.140. The number of hydrogen-bond donors (Lipinski definition) is 0. The number of aryl methyl sites for hydroxylation is 1. The number of rotatable bonds is 2. The van der Waals surface area contributed by atoms with Crippen molar-refractivity contribution < 1.29 is 14.0 Å². The second-order valence-electron chi connectivity index (χ2n) is 3.94. The van der Waals surface area contributed by atoms with Gasteiger partial charge in [0.05, 0.1) is 6.42 Å². The molecule has 0 aliphatic carbocycles. The molecule has 2 aromatic rings. The van der Waals surface area contributed by atoms with Crippen molar-refractivity contribution in [2.75, 3.05) is 0 Å². The van der Waals surface area contributed by atoms with Crippen molar-refractivity contribution in [2.24, 2.45) is 5.16 Å². The van der Waals surface area contributed by atoms with Crippen LogP contribution in [0.3, 0.4) is 0 Å². The van der Waals surface area contributed by atoms with Crippen LogP contribution in [0.25, 0.3) is 11.0 Å². The standard InChI is InChI=1S/C13H11NO3/c1-2-8-9-5-3-4-6-11(9)16-13(8)10-7-12(15)17-14-10/h3-6H,2,7H2,1H3. The van der Waals surface area contributed by atoms with Gasteiger partial charge in [-0.05, 0) is 12.5 Å². The molecule has 0 fully saturated rings. The summed E-state index contributed by atoms with van der Waals surface area (Å²) in [5.74, 6) is 0.349. The maximum atomic E-state index is 11.1. The zero-order valence-electron chi connectivity index (χ0n) is 9.40. The van der Waals surface area contributed by atoms with Crippen LogP contribution in [0.2, 0.25) is 0 Å². The average molecular weight is 229 g/mol. The summed E-state index contributed by atoms with van der Waals surface area (Å²) >= 11 is 0. The van der Waals surface area contributed by atoms with Gasteiger partial charge < -0.3 is 9.25 Å². The number of benzene rings is 1. The van der Waals surface area contributed by atoms with Gasteiger partial charge in [-0.1, -0.05) is 30.3 Å². The van der Waals surface area contributed by atoms with Crippen LogP contribution in [0.1, 0.15) is 24.7 Å². The minimum Gasteiger partial charge on any atom is -0.454 e. The van der Waals surface area contributed by atoms with Gasteiger partial charge in [0.2, 0.25) is 0 Å². The molecular weight excluding hydrogens is 218 g/mol. The Bertz CT molecular complexity index is 625. The number of oxime groups is 1. The molecule has 1 aliphatic rings. The zero-order chi connectivity index (χ0) is 11.8. The molecule has 4 heteroatoms. The van der Waals surface area contributed by atoms with E-state index in [0.717, 1.165) is 23.0 Å². The highest BCUT2D eigenvalue weighted by molar-refractivity contribution is 6.12. The fourth-order valence-corrected chi connectivity index (χ4v) is 2.11. The molecule has 1 aromatic carbocycles. The molecule has 0 amide bonds. The van der Waals surface area contributed by atoms with Crippen LogP contribution in [0.4, 0.5) is 0 Å². The van der Waals surface area contributed by atoms with Gasteiger partial charge in [-0.2, -0.15) is 0 Å². The van der Waals surface area contributed by atoms with E-state index >= 15 is 0 Å². The molecular formula is C13H11NO3. The van der Waals surface area contributed by atoms with Crippen LogP contribution in [-0.2, 0) is 16.1 Å². The predicted molar refractivity (Wildman–Crippen MR) is 62.8 cm³/mol. The van der Waals surface area contributed by atoms with Crippen molar-refractivity contribution in [1.29, 1.82) is 0 Å². The predicted octanol–water partition coefficient (Wildman–Crippen LogP) is 2.65. The lowest BCUT2D eigenvalue weighted by atomic mass is 10.0. The van der Waals surface area contributed by atoms with Gasteiger partial charge in [0.1, 0.15) is 11.3 Å². The van der Waals surface area contributed by atoms with Gasteiger partial charge in [-0.3, -0.25) is 0 Å². The highest BCUT2D eigenvalue weighted by atomic mass is 16.7. The number of para-hydroxylation sites is 1. The van der Waals surface area contributed by atoms with Crippen molar-refractivity contribution in [1.82, 2.24) is 0 Å². The second kappa shape index (κ2) is 3.73. The molecule has 0 bridgehead atoms. The van der Waals surface area contributed by atoms with E-state index in [1.54, 1.807) is 0 Å². The highest BCUT2D eigenvalue weighted by Gasteiger charge is 2.25. The van der Waals surface area contributed by atoms with Crippen LogP contribution in [0.5, 0.6) is 0 Å². The van der Waals surface area contributed by atoms with Gasteiger partial charge in [0.15, 0.2) is 5.76 Å². The van der Waals surface area contributed by atoms with Crippen molar-refractivity contribution in [3.63, 3.8) is 0 Å². The topological polar surface area (TPSA) is 51.8 Å². The number of nitrogens with zero attached hydrogens (tertiary/aromatic N) is 1. The van der Waals surface area contributed by atoms with E-state index in [1.807, 2.05) is 24.3 Å². The third kappa shape index (κ3) is 1.53. The normalized spacial score (nSPS) is 15.1. The average Bonchev–Trinajstić information content (AvgIpc) is 2.91. The van der Waals surface area contributed by atoms with Crippen LogP contribution in [-0.4, -0.2) is 11.7 Å². The lowest BCUT2D eigenvalue weighted by Crippen LogP contribution is -2.01. The van der Waals surface area contributed by atoms with Gasteiger partial charge in [-0.25, -0.2) is 4.79 Å². The first-order valence-electron chi connectivity index (χ1n) is 5.57. The summed E-state index contributed by atoms with van der Waals surface area (Å²) in [5.41, 5.74) is 2.49. The number of carbonyl (C=O) groups is 1. The molecule has 2 heterocycles. The van der Waals surface area contributed by atoms with Crippen molar-refractivity contribution in [3.8, 4) is 0 Å². The molecule has 17 heavy (non-hydrogen) atoms. The highest BCUT2D eigenvalue weighted by Crippen LogP contribution is 2.28. The number of fused-ring (bicyclic) bond motifs is 1. The first-order valence-corrected chi connectivity index (χ1v) is 5.57. The third-order valence-corrected chi connectivity index (χ3v) is 2.88. The van der Waals surface area contributed by atoms with Crippen LogP contribution >= 0.6 is 0 Å². The molecule has 3 rings (SSSR count). The number of carbonyl (C=O) groups excluding carboxylic acids is 1. The van der Waals surface area contributed by atoms with Gasteiger partial charge in [0.25, 0.3) is 0 Å². The zero-order valence-corrected chi connectivity index (χ0v) is 9.40. The van der Waals surface area contributed by atoms with E-state index in [0.29, 0.717) is 11.5 Å². The molecule has 86 valence electrons. The van der Waals surface area contributed by atoms with E-state index in [4.69, 9.17) is 4.42 Å². The molecule has 0 saturated heterocycles. The Hall–Kier alpha value is -2.10. The third-order valence-electron chi connectivity index (χ3n) is 2.88. The minimum absolute atomic E-state index is 0.187. The Morgan fingerprint density at radius 3 is 2.88 bits per heavy atom. The van der Waals surface area contributed by atoms with Crippen LogP contribution in [0, 0.1) is 0 Å². The molecule has 0 unspecified atom stereocenters. The van der Waals surface area contributed by atoms with Crippen LogP contribution in [0.15, 0.2) is 33.8 Å². The molecule has 4 nitrogen and oxygen atoms in total. The summed E-state index contributed by atoms with van der Waals surface area (Å²) in [5, 5.41) is 4.84. The molecule has 0 spiro atoms. The Morgan fingerprint density at radius 2 is 2.18 bits per heavy atom. The summed E-state index contributed by atoms with van der Waals surface area (Å²) in [6, 6.07) is 7.82. The first-order chi connectivity index (χ1) is 8.29.